The van der Waals surface area contributed by atoms with Crippen molar-refractivity contribution in [1.29, 1.82) is 0 Å². The number of nitrogens with zero attached hydrogens (tertiary/aromatic N) is 3. The molecule has 11 nitrogen and oxygen atoms in total. The molecule has 0 aliphatic carbocycles. The van der Waals surface area contributed by atoms with Gasteiger partial charge in [0.2, 0.25) is 11.8 Å². The summed E-state index contributed by atoms with van der Waals surface area (Å²) in [5.41, 5.74) is 3.61. The van der Waals surface area contributed by atoms with Crippen LogP contribution in [0.25, 0.3) is 9.88 Å². The zero-order chi connectivity index (χ0) is 41.7. The lowest BCUT2D eigenvalue weighted by Crippen LogP contribution is -2.54. The summed E-state index contributed by atoms with van der Waals surface area (Å²) in [6.45, 7) is 3.18. The minimum Gasteiger partial charge on any atom is -0.460 e. The Morgan fingerprint density at radius 3 is 1.95 bits per heavy atom. The summed E-state index contributed by atoms with van der Waals surface area (Å²) in [6, 6.07) is 41.0. The van der Waals surface area contributed by atoms with Crippen molar-refractivity contribution in [3.8, 4) is 9.88 Å². The standard InChI is InChI=1S/C47H42N6O5S2/c1-2-25-58-46(57)39(28-37-30-53(32-49-37)47(34-18-9-4-10-19-34,35-20-11-5-12-21-35)36-22-13-6-14-23-36)51-44(56)38(27-33-16-7-3-8-17-33)50-42(54)29-48-43(55)40-31-60-45(52-40)41-24-15-26-59-41/h2-24,26,30-32,38-39H,1,25,27-29H2,(H,48,55)(H,50,54)(H,51,56)/t38-,39-/m0/s1. The number of nitrogens with one attached hydrogen (secondary N) is 3. The van der Waals surface area contributed by atoms with Crippen molar-refractivity contribution in [3.63, 3.8) is 0 Å². The summed E-state index contributed by atoms with van der Waals surface area (Å²) in [6.07, 6.45) is 5.15. The maximum atomic E-state index is 14.2. The van der Waals surface area contributed by atoms with Gasteiger partial charge in [-0.2, -0.15) is 0 Å². The lowest BCUT2D eigenvalue weighted by atomic mass is 9.77. The molecule has 0 aliphatic rings. The lowest BCUT2D eigenvalue weighted by molar-refractivity contribution is -0.147. The third-order valence-corrected chi connectivity index (χ3v) is 11.6. The smallest absolute Gasteiger partial charge is 0.329 e. The molecule has 13 heteroatoms. The zero-order valence-electron chi connectivity index (χ0n) is 32.5. The van der Waals surface area contributed by atoms with Gasteiger partial charge in [0, 0.05) is 24.4 Å². The number of hydrogen-bond donors (Lipinski definition) is 3. The second-order valence-electron chi connectivity index (χ2n) is 13.8. The molecule has 0 radical (unpaired) electrons. The molecule has 7 rings (SSSR count). The van der Waals surface area contributed by atoms with Gasteiger partial charge in [0.15, 0.2) is 0 Å². The van der Waals surface area contributed by atoms with Crippen molar-refractivity contribution in [2.45, 2.75) is 30.5 Å². The van der Waals surface area contributed by atoms with Crippen LogP contribution in [0.15, 0.2) is 169 Å². The van der Waals surface area contributed by atoms with Gasteiger partial charge in [-0.1, -0.05) is 140 Å². The Hall–Kier alpha value is -6.96. The highest BCUT2D eigenvalue weighted by molar-refractivity contribution is 7.20. The summed E-state index contributed by atoms with van der Waals surface area (Å²) in [4.78, 5) is 64.2. The predicted octanol–water partition coefficient (Wildman–Crippen LogP) is 6.82. The Bertz CT molecular complexity index is 2410. The number of aromatic nitrogens is 3. The van der Waals surface area contributed by atoms with Gasteiger partial charge in [-0.15, -0.1) is 22.7 Å². The van der Waals surface area contributed by atoms with E-state index in [0.29, 0.717) is 10.7 Å². The van der Waals surface area contributed by atoms with Gasteiger partial charge >= 0.3 is 5.97 Å². The minimum absolute atomic E-state index is 0.0215. The van der Waals surface area contributed by atoms with Gasteiger partial charge in [-0.3, -0.25) is 14.4 Å². The number of thiophene rings is 1. The molecule has 3 aromatic heterocycles. The van der Waals surface area contributed by atoms with Crippen molar-refractivity contribution in [3.05, 3.63) is 203 Å². The van der Waals surface area contributed by atoms with Crippen LogP contribution in [-0.2, 0) is 37.5 Å². The first-order valence-corrected chi connectivity index (χ1v) is 21.0. The second kappa shape index (κ2) is 19.7. The first kappa shape index (κ1) is 41.2. The highest BCUT2D eigenvalue weighted by Crippen LogP contribution is 2.41. The highest BCUT2D eigenvalue weighted by Gasteiger charge is 2.39. The average Bonchev–Trinajstić information content (AvgIpc) is 4.10. The highest BCUT2D eigenvalue weighted by atomic mass is 32.1. The van der Waals surface area contributed by atoms with Crippen LogP contribution < -0.4 is 16.0 Å². The van der Waals surface area contributed by atoms with E-state index in [9.17, 15) is 19.2 Å². The Labute approximate surface area is 355 Å². The van der Waals surface area contributed by atoms with Gasteiger partial charge in [0.1, 0.15) is 34.9 Å². The quantitative estimate of drug-likeness (QED) is 0.0489. The van der Waals surface area contributed by atoms with E-state index in [2.05, 4.69) is 63.9 Å². The Morgan fingerprint density at radius 1 is 0.750 bits per heavy atom. The van der Waals surface area contributed by atoms with Crippen LogP contribution in [0.5, 0.6) is 0 Å². The van der Waals surface area contributed by atoms with E-state index in [1.165, 1.54) is 28.7 Å². The summed E-state index contributed by atoms with van der Waals surface area (Å²) in [5.74, 6) is -2.43. The molecule has 4 aromatic carbocycles. The van der Waals surface area contributed by atoms with Crippen LogP contribution in [0.3, 0.4) is 0 Å². The molecule has 302 valence electrons. The molecule has 3 heterocycles. The number of carbonyl (C=O) groups is 4. The number of ether oxygens (including phenoxy) is 1. The van der Waals surface area contributed by atoms with Gasteiger partial charge in [-0.05, 0) is 33.7 Å². The van der Waals surface area contributed by atoms with E-state index in [-0.39, 0.29) is 25.1 Å². The largest absolute Gasteiger partial charge is 0.460 e. The van der Waals surface area contributed by atoms with Crippen molar-refractivity contribution in [2.24, 2.45) is 0 Å². The summed E-state index contributed by atoms with van der Waals surface area (Å²) in [7, 11) is 0. The van der Waals surface area contributed by atoms with E-state index < -0.39 is 47.9 Å². The second-order valence-corrected chi connectivity index (χ2v) is 15.6. The molecule has 60 heavy (non-hydrogen) atoms. The first-order valence-electron chi connectivity index (χ1n) is 19.2. The molecule has 0 spiro atoms. The van der Waals surface area contributed by atoms with E-state index in [1.807, 2.05) is 113 Å². The summed E-state index contributed by atoms with van der Waals surface area (Å²) < 4.78 is 7.50. The van der Waals surface area contributed by atoms with Gasteiger partial charge in [0.05, 0.1) is 23.4 Å². The van der Waals surface area contributed by atoms with Crippen LogP contribution in [0.2, 0.25) is 0 Å². The number of benzene rings is 4. The molecule has 2 atom stereocenters. The topological polar surface area (TPSA) is 144 Å². The summed E-state index contributed by atoms with van der Waals surface area (Å²) >= 11 is 2.85. The van der Waals surface area contributed by atoms with Crippen LogP contribution in [0, 0.1) is 0 Å². The molecule has 0 saturated heterocycles. The molecule has 0 aliphatic heterocycles. The van der Waals surface area contributed by atoms with Gasteiger partial charge < -0.3 is 25.3 Å². The lowest BCUT2D eigenvalue weighted by Gasteiger charge is -2.37. The number of rotatable bonds is 18. The molecule has 0 fully saturated rings. The third kappa shape index (κ3) is 9.66. The number of imidazole rings is 1. The van der Waals surface area contributed by atoms with Crippen molar-refractivity contribution in [2.75, 3.05) is 13.2 Å². The molecular weight excluding hydrogens is 793 g/mol. The van der Waals surface area contributed by atoms with Crippen LogP contribution in [0.4, 0.5) is 0 Å². The molecule has 7 aromatic rings. The maximum absolute atomic E-state index is 14.2. The van der Waals surface area contributed by atoms with E-state index in [4.69, 9.17) is 9.72 Å². The van der Waals surface area contributed by atoms with Crippen LogP contribution in [-0.4, -0.2) is 63.5 Å². The van der Waals surface area contributed by atoms with Crippen molar-refractivity contribution < 1.29 is 23.9 Å². The Morgan fingerprint density at radius 2 is 1.37 bits per heavy atom. The minimum atomic E-state index is -1.18. The normalized spacial score (nSPS) is 12.1. The van der Waals surface area contributed by atoms with Gasteiger partial charge in [0.25, 0.3) is 5.91 Å². The van der Waals surface area contributed by atoms with Crippen LogP contribution >= 0.6 is 22.7 Å². The van der Waals surface area contributed by atoms with Crippen molar-refractivity contribution >= 4 is 46.4 Å². The monoisotopic (exact) mass is 834 g/mol. The number of carbonyl (C=O) groups excluding carboxylic acids is 4. The molecule has 0 saturated carbocycles. The molecule has 0 bridgehead atoms. The number of hydrogen-bond acceptors (Lipinski definition) is 9. The predicted molar refractivity (Wildman–Crippen MR) is 233 cm³/mol. The average molecular weight is 835 g/mol. The Balaban J connectivity index is 1.13. The maximum Gasteiger partial charge on any atom is 0.329 e. The van der Waals surface area contributed by atoms with E-state index in [1.54, 1.807) is 11.7 Å². The number of thiazole rings is 1. The van der Waals surface area contributed by atoms with Gasteiger partial charge in [-0.25, -0.2) is 14.8 Å². The molecular formula is C47H42N6O5S2. The summed E-state index contributed by atoms with van der Waals surface area (Å²) in [5, 5.41) is 12.5. The Kier molecular flexibility index (Phi) is 13.5. The third-order valence-electron chi connectivity index (χ3n) is 9.77. The number of esters is 1. The fourth-order valence-electron chi connectivity index (χ4n) is 7.00. The van der Waals surface area contributed by atoms with Crippen molar-refractivity contribution in [1.82, 2.24) is 30.5 Å². The number of amides is 3. The zero-order valence-corrected chi connectivity index (χ0v) is 34.1. The van der Waals surface area contributed by atoms with Crippen LogP contribution in [0.1, 0.15) is 38.4 Å². The molecule has 0 unspecified atom stereocenters. The molecule has 3 amide bonds. The van der Waals surface area contributed by atoms with E-state index >= 15 is 0 Å². The first-order chi connectivity index (χ1) is 29.3. The fraction of sp³-hybridized carbons (Fsp3) is 0.149. The SMILES string of the molecule is C=CCOC(=O)[C@H](Cc1cn(C(c2ccccc2)(c2ccccc2)c2ccccc2)cn1)NC(=O)[C@H](Cc1ccccc1)NC(=O)CNC(=O)c1csc(-c2cccs2)n1. The fourth-order valence-corrected chi connectivity index (χ4v) is 8.62. The molecule has 3 N–H and O–H groups in total. The van der Waals surface area contributed by atoms with E-state index in [0.717, 1.165) is 27.1 Å².